The second kappa shape index (κ2) is 5.31. The van der Waals surface area contributed by atoms with Crippen LogP contribution in [0.25, 0.3) is 0 Å². The molecule has 0 aromatic heterocycles. The summed E-state index contributed by atoms with van der Waals surface area (Å²) in [4.78, 5) is 2.56. The number of aryl methyl sites for hydroxylation is 1. The van der Waals surface area contributed by atoms with E-state index in [9.17, 15) is 0 Å². The topological polar surface area (TPSA) is 29.3 Å². The SMILES string of the molecule is Cc1ccc(CN)c(N2CC(C)CC(C)C2C)c1. The van der Waals surface area contributed by atoms with Gasteiger partial charge >= 0.3 is 0 Å². The molecule has 3 unspecified atom stereocenters. The third-order valence-corrected chi connectivity index (χ3v) is 4.37. The number of anilines is 1. The molecule has 0 saturated carbocycles. The fraction of sp³-hybridized carbons (Fsp3) is 0.625. The summed E-state index contributed by atoms with van der Waals surface area (Å²) in [6.45, 7) is 11.0. The highest BCUT2D eigenvalue weighted by Crippen LogP contribution is 2.33. The highest BCUT2D eigenvalue weighted by molar-refractivity contribution is 5.56. The molecule has 1 heterocycles. The summed E-state index contributed by atoms with van der Waals surface area (Å²) in [5, 5.41) is 0. The first-order chi connectivity index (χ1) is 8.52. The van der Waals surface area contributed by atoms with Crippen molar-refractivity contribution in [3.05, 3.63) is 29.3 Å². The molecule has 1 aromatic carbocycles. The predicted molar refractivity (Wildman–Crippen MR) is 78.8 cm³/mol. The first-order valence-electron chi connectivity index (χ1n) is 7.09. The maximum absolute atomic E-state index is 5.90. The zero-order valence-corrected chi connectivity index (χ0v) is 12.1. The van der Waals surface area contributed by atoms with Crippen LogP contribution >= 0.6 is 0 Å². The minimum atomic E-state index is 0.605. The second-order valence-corrected chi connectivity index (χ2v) is 6.05. The van der Waals surface area contributed by atoms with Gasteiger partial charge in [0.05, 0.1) is 0 Å². The second-order valence-electron chi connectivity index (χ2n) is 6.05. The standard InChI is InChI=1S/C16H26N2/c1-11-5-6-15(9-17)16(8-11)18-10-12(2)7-13(3)14(18)4/h5-6,8,12-14H,7,9-10,17H2,1-4H3. The van der Waals surface area contributed by atoms with Gasteiger partial charge in [-0.1, -0.05) is 26.0 Å². The molecule has 0 radical (unpaired) electrons. The molecule has 0 aliphatic carbocycles. The number of nitrogens with two attached hydrogens (primary N) is 1. The number of nitrogens with zero attached hydrogens (tertiary/aromatic N) is 1. The lowest BCUT2D eigenvalue weighted by Gasteiger charge is -2.43. The quantitative estimate of drug-likeness (QED) is 0.867. The maximum Gasteiger partial charge on any atom is 0.0417 e. The van der Waals surface area contributed by atoms with Crippen molar-refractivity contribution in [2.24, 2.45) is 17.6 Å². The zero-order chi connectivity index (χ0) is 13.3. The molecule has 1 fully saturated rings. The monoisotopic (exact) mass is 246 g/mol. The Morgan fingerprint density at radius 3 is 2.67 bits per heavy atom. The molecule has 3 atom stereocenters. The van der Waals surface area contributed by atoms with E-state index in [0.29, 0.717) is 12.6 Å². The first kappa shape index (κ1) is 13.4. The van der Waals surface area contributed by atoms with Crippen molar-refractivity contribution < 1.29 is 0 Å². The highest BCUT2D eigenvalue weighted by atomic mass is 15.2. The predicted octanol–water partition coefficient (Wildman–Crippen LogP) is 3.32. The van der Waals surface area contributed by atoms with E-state index in [4.69, 9.17) is 5.73 Å². The Balaban J connectivity index is 2.37. The van der Waals surface area contributed by atoms with E-state index >= 15 is 0 Å². The van der Waals surface area contributed by atoms with E-state index in [2.05, 4.69) is 50.8 Å². The van der Waals surface area contributed by atoms with Crippen molar-refractivity contribution in [2.45, 2.75) is 46.7 Å². The number of benzene rings is 1. The van der Waals surface area contributed by atoms with Crippen LogP contribution in [0.15, 0.2) is 18.2 Å². The molecule has 1 aliphatic heterocycles. The number of hydrogen-bond donors (Lipinski definition) is 1. The Morgan fingerprint density at radius 1 is 1.28 bits per heavy atom. The van der Waals surface area contributed by atoms with Crippen LogP contribution < -0.4 is 10.6 Å². The minimum absolute atomic E-state index is 0.605. The molecule has 0 spiro atoms. The Morgan fingerprint density at radius 2 is 2.00 bits per heavy atom. The molecule has 2 nitrogen and oxygen atoms in total. The highest BCUT2D eigenvalue weighted by Gasteiger charge is 2.29. The lowest BCUT2D eigenvalue weighted by Crippen LogP contribution is -2.46. The van der Waals surface area contributed by atoms with Crippen LogP contribution in [0.4, 0.5) is 5.69 Å². The van der Waals surface area contributed by atoms with Crippen LogP contribution in [0, 0.1) is 18.8 Å². The van der Waals surface area contributed by atoms with Gasteiger partial charge in [-0.15, -0.1) is 0 Å². The molecule has 2 heteroatoms. The van der Waals surface area contributed by atoms with Gasteiger partial charge in [0.25, 0.3) is 0 Å². The molecule has 2 N–H and O–H groups in total. The summed E-state index contributed by atoms with van der Waals surface area (Å²) >= 11 is 0. The molecule has 0 amide bonds. The average Bonchev–Trinajstić information content (AvgIpc) is 2.33. The third-order valence-electron chi connectivity index (χ3n) is 4.37. The molecule has 18 heavy (non-hydrogen) atoms. The molecule has 1 saturated heterocycles. The molecule has 0 bridgehead atoms. The van der Waals surface area contributed by atoms with E-state index in [1.54, 1.807) is 0 Å². The van der Waals surface area contributed by atoms with Gasteiger partial charge in [-0.3, -0.25) is 0 Å². The molecule has 1 aromatic rings. The molecular formula is C16H26N2. The summed E-state index contributed by atoms with van der Waals surface area (Å²) in [6, 6.07) is 7.24. The summed E-state index contributed by atoms with van der Waals surface area (Å²) in [6.07, 6.45) is 1.33. The van der Waals surface area contributed by atoms with Crippen LogP contribution in [0.2, 0.25) is 0 Å². The zero-order valence-electron chi connectivity index (χ0n) is 12.1. The Bertz CT molecular complexity index is 414. The van der Waals surface area contributed by atoms with Gasteiger partial charge in [0.2, 0.25) is 0 Å². The van der Waals surface area contributed by atoms with E-state index in [1.165, 1.54) is 23.2 Å². The fourth-order valence-corrected chi connectivity index (χ4v) is 3.15. The molecule has 100 valence electrons. The average molecular weight is 246 g/mol. The summed E-state index contributed by atoms with van der Waals surface area (Å²) < 4.78 is 0. The van der Waals surface area contributed by atoms with E-state index in [1.807, 2.05) is 0 Å². The van der Waals surface area contributed by atoms with E-state index in [0.717, 1.165) is 18.4 Å². The van der Waals surface area contributed by atoms with Crippen molar-refractivity contribution in [2.75, 3.05) is 11.4 Å². The van der Waals surface area contributed by atoms with Gasteiger partial charge in [0.15, 0.2) is 0 Å². The Labute approximate surface area is 111 Å². The van der Waals surface area contributed by atoms with Crippen molar-refractivity contribution in [1.82, 2.24) is 0 Å². The number of piperidine rings is 1. The van der Waals surface area contributed by atoms with Crippen molar-refractivity contribution in [3.8, 4) is 0 Å². The van der Waals surface area contributed by atoms with Gasteiger partial charge in [0, 0.05) is 24.8 Å². The fourth-order valence-electron chi connectivity index (χ4n) is 3.15. The molecule has 1 aliphatic rings. The normalized spacial score (nSPS) is 28.5. The Kier molecular flexibility index (Phi) is 3.96. The summed E-state index contributed by atoms with van der Waals surface area (Å²) in [5.41, 5.74) is 9.84. The molecular weight excluding hydrogens is 220 g/mol. The minimum Gasteiger partial charge on any atom is -0.368 e. The van der Waals surface area contributed by atoms with Gasteiger partial charge in [-0.25, -0.2) is 0 Å². The smallest absolute Gasteiger partial charge is 0.0417 e. The lowest BCUT2D eigenvalue weighted by molar-refractivity contribution is 0.296. The number of hydrogen-bond acceptors (Lipinski definition) is 2. The number of rotatable bonds is 2. The lowest BCUT2D eigenvalue weighted by atomic mass is 9.85. The largest absolute Gasteiger partial charge is 0.368 e. The van der Waals surface area contributed by atoms with Gasteiger partial charge in [-0.05, 0) is 49.3 Å². The maximum atomic E-state index is 5.90. The first-order valence-corrected chi connectivity index (χ1v) is 7.09. The van der Waals surface area contributed by atoms with Gasteiger partial charge < -0.3 is 10.6 Å². The van der Waals surface area contributed by atoms with Crippen LogP contribution in [0.1, 0.15) is 38.3 Å². The van der Waals surface area contributed by atoms with Crippen LogP contribution in [0.3, 0.4) is 0 Å². The Hall–Kier alpha value is -1.02. The summed E-state index contributed by atoms with van der Waals surface area (Å²) in [7, 11) is 0. The summed E-state index contributed by atoms with van der Waals surface area (Å²) in [5.74, 6) is 1.52. The van der Waals surface area contributed by atoms with Crippen molar-refractivity contribution in [1.29, 1.82) is 0 Å². The molecule has 2 rings (SSSR count). The van der Waals surface area contributed by atoms with Crippen molar-refractivity contribution in [3.63, 3.8) is 0 Å². The van der Waals surface area contributed by atoms with E-state index in [-0.39, 0.29) is 0 Å². The van der Waals surface area contributed by atoms with Crippen LogP contribution in [-0.4, -0.2) is 12.6 Å². The van der Waals surface area contributed by atoms with Gasteiger partial charge in [-0.2, -0.15) is 0 Å². The van der Waals surface area contributed by atoms with Crippen LogP contribution in [-0.2, 0) is 6.54 Å². The van der Waals surface area contributed by atoms with Crippen LogP contribution in [0.5, 0.6) is 0 Å². The third kappa shape index (κ3) is 2.54. The van der Waals surface area contributed by atoms with Gasteiger partial charge in [0.1, 0.15) is 0 Å². The van der Waals surface area contributed by atoms with E-state index < -0.39 is 0 Å². The van der Waals surface area contributed by atoms with Crippen molar-refractivity contribution >= 4 is 5.69 Å².